The van der Waals surface area contributed by atoms with Crippen LogP contribution in [0.3, 0.4) is 0 Å². The van der Waals surface area contributed by atoms with Crippen molar-refractivity contribution in [1.29, 1.82) is 0 Å². The molecule has 2 aromatic rings. The van der Waals surface area contributed by atoms with Crippen LogP contribution in [0.1, 0.15) is 5.56 Å². The molecule has 6 heteroatoms. The van der Waals surface area contributed by atoms with E-state index in [0.717, 1.165) is 6.07 Å². The fourth-order valence-corrected chi connectivity index (χ4v) is 2.78. The van der Waals surface area contributed by atoms with Gasteiger partial charge in [-0.3, -0.25) is 4.72 Å². The quantitative estimate of drug-likeness (QED) is 0.900. The molecule has 0 heterocycles. The summed E-state index contributed by atoms with van der Waals surface area (Å²) in [5.41, 5.74) is 6.35. The number of hydrogen-bond acceptors (Lipinski definition) is 3. The molecule has 0 bridgehead atoms. The molecule has 4 nitrogen and oxygen atoms in total. The highest BCUT2D eigenvalue weighted by Gasteiger charge is 2.19. The van der Waals surface area contributed by atoms with Crippen molar-refractivity contribution in [2.24, 2.45) is 5.73 Å². The summed E-state index contributed by atoms with van der Waals surface area (Å²) in [5, 5.41) is 0. The average Bonchev–Trinajstić information content (AvgIpc) is 2.39. The lowest BCUT2D eigenvalue weighted by molar-refractivity contribution is 0.569. The Morgan fingerprint density at radius 1 is 1.11 bits per heavy atom. The van der Waals surface area contributed by atoms with Crippen LogP contribution in [0.2, 0.25) is 0 Å². The molecule has 0 spiro atoms. The molecule has 0 saturated heterocycles. The molecule has 0 unspecified atom stereocenters. The number of benzene rings is 2. The number of nitrogens with two attached hydrogens (primary N) is 1. The Hall–Kier alpha value is -1.92. The largest absolute Gasteiger partial charge is 0.326 e. The smallest absolute Gasteiger partial charge is 0.264 e. The van der Waals surface area contributed by atoms with Gasteiger partial charge in [-0.15, -0.1) is 0 Å². The third kappa shape index (κ3) is 3.10. The monoisotopic (exact) mass is 280 g/mol. The van der Waals surface area contributed by atoms with Gasteiger partial charge in [-0.05, 0) is 29.8 Å². The Morgan fingerprint density at radius 2 is 1.79 bits per heavy atom. The predicted molar refractivity (Wildman–Crippen MR) is 71.5 cm³/mol. The molecule has 0 fully saturated rings. The van der Waals surface area contributed by atoms with Gasteiger partial charge in [0.15, 0.2) is 0 Å². The maximum Gasteiger partial charge on any atom is 0.264 e. The molecule has 0 saturated carbocycles. The summed E-state index contributed by atoms with van der Waals surface area (Å²) in [4.78, 5) is -0.403. The molecular formula is C13H13FN2O2S. The third-order valence-corrected chi connectivity index (χ3v) is 3.94. The highest BCUT2D eigenvalue weighted by atomic mass is 32.2. The first-order valence-corrected chi connectivity index (χ1v) is 7.07. The lowest BCUT2D eigenvalue weighted by atomic mass is 10.2. The second kappa shape index (κ2) is 5.38. The van der Waals surface area contributed by atoms with E-state index in [4.69, 9.17) is 5.73 Å². The summed E-state index contributed by atoms with van der Waals surface area (Å²) in [6.07, 6.45) is 0. The molecule has 0 aromatic heterocycles. The Balaban J connectivity index is 2.39. The minimum Gasteiger partial charge on any atom is -0.326 e. The maximum atomic E-state index is 13.6. The molecule has 19 heavy (non-hydrogen) atoms. The van der Waals surface area contributed by atoms with Crippen molar-refractivity contribution in [3.05, 3.63) is 59.9 Å². The van der Waals surface area contributed by atoms with Gasteiger partial charge >= 0.3 is 0 Å². The summed E-state index contributed by atoms with van der Waals surface area (Å²) in [6, 6.07) is 12.1. The van der Waals surface area contributed by atoms with Gasteiger partial charge in [0, 0.05) is 12.2 Å². The van der Waals surface area contributed by atoms with Crippen LogP contribution in [0.15, 0.2) is 53.4 Å². The van der Waals surface area contributed by atoms with Crippen molar-refractivity contribution in [2.45, 2.75) is 11.4 Å². The Morgan fingerprint density at radius 3 is 2.42 bits per heavy atom. The van der Waals surface area contributed by atoms with Crippen LogP contribution in [0.25, 0.3) is 0 Å². The first kappa shape index (κ1) is 13.5. The van der Waals surface area contributed by atoms with Crippen molar-refractivity contribution in [2.75, 3.05) is 4.72 Å². The number of para-hydroxylation sites is 1. The molecule has 2 rings (SSSR count). The summed E-state index contributed by atoms with van der Waals surface area (Å²) < 4.78 is 40.2. The van der Waals surface area contributed by atoms with Gasteiger partial charge < -0.3 is 5.73 Å². The van der Waals surface area contributed by atoms with Gasteiger partial charge in [0.2, 0.25) is 0 Å². The van der Waals surface area contributed by atoms with Crippen LogP contribution < -0.4 is 10.5 Å². The normalized spacial score (nSPS) is 11.3. The average molecular weight is 280 g/mol. The Kier molecular flexibility index (Phi) is 3.82. The lowest BCUT2D eigenvalue weighted by Gasteiger charge is -2.09. The molecule has 3 N–H and O–H groups in total. The van der Waals surface area contributed by atoms with Crippen LogP contribution in [0, 0.1) is 5.82 Å². The van der Waals surface area contributed by atoms with E-state index < -0.39 is 20.7 Å². The van der Waals surface area contributed by atoms with E-state index in [0.29, 0.717) is 11.3 Å². The van der Waals surface area contributed by atoms with Gasteiger partial charge in [0.05, 0.1) is 0 Å². The molecule has 0 aliphatic carbocycles. The minimum atomic E-state index is -3.96. The predicted octanol–water partition coefficient (Wildman–Crippen LogP) is 2.09. The van der Waals surface area contributed by atoms with Crippen LogP contribution in [0.4, 0.5) is 10.1 Å². The van der Waals surface area contributed by atoms with E-state index in [-0.39, 0.29) is 6.54 Å². The minimum absolute atomic E-state index is 0.147. The van der Waals surface area contributed by atoms with Crippen molar-refractivity contribution in [1.82, 2.24) is 0 Å². The first-order valence-electron chi connectivity index (χ1n) is 5.59. The molecule has 0 atom stereocenters. The van der Waals surface area contributed by atoms with Gasteiger partial charge in [-0.2, -0.15) is 0 Å². The lowest BCUT2D eigenvalue weighted by Crippen LogP contribution is -2.15. The topological polar surface area (TPSA) is 72.2 Å². The highest BCUT2D eigenvalue weighted by molar-refractivity contribution is 7.92. The fraction of sp³-hybridized carbons (Fsp3) is 0.0769. The van der Waals surface area contributed by atoms with E-state index >= 15 is 0 Å². The maximum absolute atomic E-state index is 13.6. The number of hydrogen-bond donors (Lipinski definition) is 2. The molecule has 0 aliphatic heterocycles. The second-order valence-electron chi connectivity index (χ2n) is 3.94. The van der Waals surface area contributed by atoms with E-state index in [1.807, 2.05) is 0 Å². The number of halogens is 1. The van der Waals surface area contributed by atoms with Gasteiger partial charge in [0.1, 0.15) is 10.7 Å². The van der Waals surface area contributed by atoms with E-state index in [1.165, 1.54) is 12.1 Å². The second-order valence-corrected chi connectivity index (χ2v) is 5.59. The standard InChI is InChI=1S/C13H13FN2O2S/c14-12-7-6-10(9-15)8-13(12)19(17,18)16-11-4-2-1-3-5-11/h1-8,16H,9,15H2. The molecule has 0 aliphatic rings. The van der Waals surface area contributed by atoms with Crippen molar-refractivity contribution < 1.29 is 12.8 Å². The number of rotatable bonds is 4. The molecular weight excluding hydrogens is 267 g/mol. The zero-order chi connectivity index (χ0) is 13.9. The zero-order valence-electron chi connectivity index (χ0n) is 10.0. The molecule has 2 aromatic carbocycles. The summed E-state index contributed by atoms with van der Waals surface area (Å²) >= 11 is 0. The first-order chi connectivity index (χ1) is 9.03. The number of nitrogens with one attached hydrogen (secondary N) is 1. The van der Waals surface area contributed by atoms with Crippen molar-refractivity contribution in [3.8, 4) is 0 Å². The van der Waals surface area contributed by atoms with Gasteiger partial charge in [0.25, 0.3) is 10.0 Å². The third-order valence-electron chi connectivity index (χ3n) is 2.55. The fourth-order valence-electron chi connectivity index (χ4n) is 1.60. The van der Waals surface area contributed by atoms with E-state index in [9.17, 15) is 12.8 Å². The summed E-state index contributed by atoms with van der Waals surface area (Å²) in [7, 11) is -3.96. The van der Waals surface area contributed by atoms with Crippen molar-refractivity contribution >= 4 is 15.7 Å². The van der Waals surface area contributed by atoms with E-state index in [1.54, 1.807) is 30.3 Å². The summed E-state index contributed by atoms with van der Waals surface area (Å²) in [6.45, 7) is 0.147. The zero-order valence-corrected chi connectivity index (χ0v) is 10.8. The van der Waals surface area contributed by atoms with Crippen LogP contribution in [-0.2, 0) is 16.6 Å². The van der Waals surface area contributed by atoms with Crippen LogP contribution in [0.5, 0.6) is 0 Å². The molecule has 0 radical (unpaired) electrons. The number of sulfonamides is 1. The Bertz CT molecular complexity index is 672. The van der Waals surface area contributed by atoms with Crippen LogP contribution in [-0.4, -0.2) is 8.42 Å². The number of anilines is 1. The highest BCUT2D eigenvalue weighted by Crippen LogP contribution is 2.20. The molecule has 100 valence electrons. The molecule has 0 amide bonds. The van der Waals surface area contributed by atoms with Gasteiger partial charge in [-0.25, -0.2) is 12.8 Å². The SMILES string of the molecule is NCc1ccc(F)c(S(=O)(=O)Nc2ccccc2)c1. The van der Waals surface area contributed by atoms with E-state index in [2.05, 4.69) is 4.72 Å². The van der Waals surface area contributed by atoms with Gasteiger partial charge in [-0.1, -0.05) is 24.3 Å². The van der Waals surface area contributed by atoms with Crippen LogP contribution >= 0.6 is 0 Å². The van der Waals surface area contributed by atoms with Crippen molar-refractivity contribution in [3.63, 3.8) is 0 Å². The Labute approximate surface area is 111 Å². The summed E-state index contributed by atoms with van der Waals surface area (Å²) in [5.74, 6) is -0.805.